The largest absolute Gasteiger partial charge is 0.309 e. The topological polar surface area (TPSA) is 15.3 Å². The smallest absolute Gasteiger partial charge is 0.0465 e. The lowest BCUT2D eigenvalue weighted by atomic mass is 9.80. The van der Waals surface area contributed by atoms with E-state index in [2.05, 4.69) is 10.2 Å². The summed E-state index contributed by atoms with van der Waals surface area (Å²) in [7, 11) is 0. The first-order chi connectivity index (χ1) is 9.69. The van der Waals surface area contributed by atoms with Gasteiger partial charge in [-0.3, -0.25) is 4.90 Å². The number of halogens is 2. The van der Waals surface area contributed by atoms with Crippen LogP contribution >= 0.6 is 23.2 Å². The van der Waals surface area contributed by atoms with Gasteiger partial charge in [0.25, 0.3) is 0 Å². The standard InChI is InChI=1S/C16H22Cl2N2/c17-14-5-4-6-15(18)13(14)11-20-10-9-19-16(12-20)7-2-1-3-8-16/h4-6,19H,1-3,7-12H2. The number of hydrogen-bond donors (Lipinski definition) is 1. The third-order valence-electron chi connectivity index (χ3n) is 4.71. The van der Waals surface area contributed by atoms with Crippen LogP contribution in [0.15, 0.2) is 18.2 Å². The van der Waals surface area contributed by atoms with Gasteiger partial charge < -0.3 is 5.32 Å². The summed E-state index contributed by atoms with van der Waals surface area (Å²) in [5, 5.41) is 5.34. The molecule has 2 fully saturated rings. The first-order valence-corrected chi connectivity index (χ1v) is 8.34. The van der Waals surface area contributed by atoms with Crippen molar-refractivity contribution in [2.45, 2.75) is 44.2 Å². The van der Waals surface area contributed by atoms with Crippen molar-refractivity contribution in [3.05, 3.63) is 33.8 Å². The van der Waals surface area contributed by atoms with Crippen molar-refractivity contribution in [2.24, 2.45) is 0 Å². The van der Waals surface area contributed by atoms with Crippen LogP contribution < -0.4 is 5.32 Å². The van der Waals surface area contributed by atoms with E-state index in [9.17, 15) is 0 Å². The van der Waals surface area contributed by atoms with Gasteiger partial charge in [0.05, 0.1) is 0 Å². The molecule has 1 aromatic rings. The van der Waals surface area contributed by atoms with E-state index in [-0.39, 0.29) is 0 Å². The maximum atomic E-state index is 6.30. The number of rotatable bonds is 2. The quantitative estimate of drug-likeness (QED) is 0.884. The molecule has 0 radical (unpaired) electrons. The molecular weight excluding hydrogens is 291 g/mol. The summed E-state index contributed by atoms with van der Waals surface area (Å²) in [5.74, 6) is 0. The Morgan fingerprint density at radius 1 is 1.10 bits per heavy atom. The van der Waals surface area contributed by atoms with Crippen LogP contribution in [0.4, 0.5) is 0 Å². The van der Waals surface area contributed by atoms with E-state index in [1.165, 1.54) is 32.1 Å². The summed E-state index contributed by atoms with van der Waals surface area (Å²) in [5.41, 5.74) is 1.41. The van der Waals surface area contributed by atoms with Crippen molar-refractivity contribution in [1.29, 1.82) is 0 Å². The molecule has 0 aromatic heterocycles. The molecule has 1 heterocycles. The zero-order valence-electron chi connectivity index (χ0n) is 11.8. The van der Waals surface area contributed by atoms with Crippen LogP contribution in [0.1, 0.15) is 37.7 Å². The molecule has 2 nitrogen and oxygen atoms in total. The first kappa shape index (κ1) is 14.6. The Labute approximate surface area is 131 Å². The van der Waals surface area contributed by atoms with Gasteiger partial charge in [-0.1, -0.05) is 48.5 Å². The van der Waals surface area contributed by atoms with Crippen molar-refractivity contribution in [3.63, 3.8) is 0 Å². The Morgan fingerprint density at radius 2 is 1.80 bits per heavy atom. The molecule has 2 aliphatic rings. The Hall–Kier alpha value is -0.280. The fraction of sp³-hybridized carbons (Fsp3) is 0.625. The second kappa shape index (κ2) is 6.23. The molecule has 1 saturated carbocycles. The van der Waals surface area contributed by atoms with Gasteiger partial charge >= 0.3 is 0 Å². The lowest BCUT2D eigenvalue weighted by Crippen LogP contribution is -2.60. The number of piperazine rings is 1. The number of hydrogen-bond acceptors (Lipinski definition) is 2. The molecule has 0 unspecified atom stereocenters. The maximum Gasteiger partial charge on any atom is 0.0465 e. The summed E-state index contributed by atoms with van der Waals surface area (Å²) < 4.78 is 0. The van der Waals surface area contributed by atoms with Crippen LogP contribution in [-0.2, 0) is 6.54 Å². The van der Waals surface area contributed by atoms with Crippen molar-refractivity contribution >= 4 is 23.2 Å². The molecule has 20 heavy (non-hydrogen) atoms. The van der Waals surface area contributed by atoms with Crippen LogP contribution in [-0.4, -0.2) is 30.1 Å². The highest BCUT2D eigenvalue weighted by molar-refractivity contribution is 6.35. The average Bonchev–Trinajstić information content (AvgIpc) is 2.44. The van der Waals surface area contributed by atoms with Gasteiger partial charge in [-0.05, 0) is 25.0 Å². The van der Waals surface area contributed by atoms with Crippen molar-refractivity contribution in [1.82, 2.24) is 10.2 Å². The summed E-state index contributed by atoms with van der Waals surface area (Å²) in [4.78, 5) is 2.51. The molecule has 0 bridgehead atoms. The van der Waals surface area contributed by atoms with Crippen LogP contribution in [0.2, 0.25) is 10.0 Å². The zero-order valence-corrected chi connectivity index (χ0v) is 13.3. The molecule has 4 heteroatoms. The predicted molar refractivity (Wildman–Crippen MR) is 85.6 cm³/mol. The Balaban J connectivity index is 1.71. The van der Waals surface area contributed by atoms with Crippen molar-refractivity contribution < 1.29 is 0 Å². The molecule has 110 valence electrons. The lowest BCUT2D eigenvalue weighted by Gasteiger charge is -2.46. The fourth-order valence-electron chi connectivity index (χ4n) is 3.65. The fourth-order valence-corrected chi connectivity index (χ4v) is 4.16. The number of nitrogens with zero attached hydrogens (tertiary/aromatic N) is 1. The Morgan fingerprint density at radius 3 is 2.50 bits per heavy atom. The molecule has 0 amide bonds. The molecule has 0 atom stereocenters. The highest BCUT2D eigenvalue weighted by Crippen LogP contribution is 2.32. The van der Waals surface area contributed by atoms with Gasteiger partial charge in [0.1, 0.15) is 0 Å². The summed E-state index contributed by atoms with van der Waals surface area (Å²) >= 11 is 12.6. The van der Waals surface area contributed by atoms with Gasteiger partial charge in [0, 0.05) is 47.3 Å². The Bertz CT molecular complexity index is 444. The van der Waals surface area contributed by atoms with E-state index in [1.54, 1.807) is 0 Å². The van der Waals surface area contributed by atoms with E-state index in [1.807, 2.05) is 18.2 Å². The highest BCUT2D eigenvalue weighted by Gasteiger charge is 2.36. The van der Waals surface area contributed by atoms with E-state index >= 15 is 0 Å². The first-order valence-electron chi connectivity index (χ1n) is 7.59. The van der Waals surface area contributed by atoms with Gasteiger partial charge in [-0.2, -0.15) is 0 Å². The second-order valence-electron chi connectivity index (χ2n) is 6.18. The molecule has 1 spiro atoms. The van der Waals surface area contributed by atoms with E-state index in [0.29, 0.717) is 5.54 Å². The molecule has 1 aliphatic carbocycles. The zero-order chi connectivity index (χ0) is 14.0. The molecule has 1 saturated heterocycles. The summed E-state index contributed by atoms with van der Waals surface area (Å²) in [6, 6.07) is 5.78. The minimum absolute atomic E-state index is 0.338. The predicted octanol–water partition coefficient (Wildman–Crippen LogP) is 4.10. The van der Waals surface area contributed by atoms with Gasteiger partial charge in [-0.25, -0.2) is 0 Å². The maximum absolute atomic E-state index is 6.30. The molecule has 1 aromatic carbocycles. The monoisotopic (exact) mass is 312 g/mol. The van der Waals surface area contributed by atoms with E-state index in [0.717, 1.165) is 41.8 Å². The molecule has 1 aliphatic heterocycles. The summed E-state index contributed by atoms with van der Waals surface area (Å²) in [6.45, 7) is 4.13. The third kappa shape index (κ3) is 3.14. The third-order valence-corrected chi connectivity index (χ3v) is 5.42. The van der Waals surface area contributed by atoms with E-state index in [4.69, 9.17) is 23.2 Å². The van der Waals surface area contributed by atoms with Crippen molar-refractivity contribution in [2.75, 3.05) is 19.6 Å². The van der Waals surface area contributed by atoms with Crippen LogP contribution in [0.3, 0.4) is 0 Å². The van der Waals surface area contributed by atoms with Crippen LogP contribution in [0.25, 0.3) is 0 Å². The second-order valence-corrected chi connectivity index (χ2v) is 6.99. The molecule has 1 N–H and O–H groups in total. The van der Waals surface area contributed by atoms with E-state index < -0.39 is 0 Å². The molecule has 3 rings (SSSR count). The average molecular weight is 313 g/mol. The number of nitrogens with one attached hydrogen (secondary N) is 1. The Kier molecular flexibility index (Phi) is 4.56. The number of benzene rings is 1. The van der Waals surface area contributed by atoms with Gasteiger partial charge in [-0.15, -0.1) is 0 Å². The van der Waals surface area contributed by atoms with Crippen LogP contribution in [0, 0.1) is 0 Å². The SMILES string of the molecule is Clc1cccc(Cl)c1CN1CCNC2(CCCCC2)C1. The lowest BCUT2D eigenvalue weighted by molar-refractivity contribution is 0.0945. The minimum Gasteiger partial charge on any atom is -0.309 e. The summed E-state index contributed by atoms with van der Waals surface area (Å²) in [6.07, 6.45) is 6.71. The van der Waals surface area contributed by atoms with Gasteiger partial charge in [0.2, 0.25) is 0 Å². The van der Waals surface area contributed by atoms with Crippen molar-refractivity contribution in [3.8, 4) is 0 Å². The van der Waals surface area contributed by atoms with Crippen LogP contribution in [0.5, 0.6) is 0 Å². The highest BCUT2D eigenvalue weighted by atomic mass is 35.5. The normalized spacial score (nSPS) is 23.1. The minimum atomic E-state index is 0.338. The molecular formula is C16H22Cl2N2. The van der Waals surface area contributed by atoms with Gasteiger partial charge in [0.15, 0.2) is 0 Å².